The second kappa shape index (κ2) is 10.8. The number of amides is 2. The molecular weight excluding hydrogens is 442 g/mol. The number of hydrazone groups is 1. The zero-order chi connectivity index (χ0) is 24.6. The van der Waals surface area contributed by atoms with E-state index in [2.05, 4.69) is 20.9 Å². The zero-order valence-corrected chi connectivity index (χ0v) is 18.9. The minimum absolute atomic E-state index is 0.00897. The molecule has 0 saturated heterocycles. The summed E-state index contributed by atoms with van der Waals surface area (Å²) >= 11 is 0. The molecule has 1 aromatic heterocycles. The number of benzene rings is 3. The van der Waals surface area contributed by atoms with Crippen molar-refractivity contribution < 1.29 is 9.59 Å². The number of H-pyrrole nitrogens is 1. The summed E-state index contributed by atoms with van der Waals surface area (Å²) in [6, 6.07) is 26.8. The minimum Gasteiger partial charge on any atom is -0.317 e. The van der Waals surface area contributed by atoms with Crippen LogP contribution in [0.25, 0.3) is 11.8 Å². The number of hydrogen-bond acceptors (Lipinski definition) is 4. The van der Waals surface area contributed by atoms with E-state index in [0.29, 0.717) is 22.5 Å². The molecule has 0 saturated carbocycles. The van der Waals surface area contributed by atoms with Gasteiger partial charge in [-0.3, -0.25) is 19.5 Å². The lowest BCUT2D eigenvalue weighted by Crippen LogP contribution is -2.33. The van der Waals surface area contributed by atoms with E-state index < -0.39 is 11.8 Å². The summed E-state index contributed by atoms with van der Waals surface area (Å²) in [4.78, 5) is 38.4. The fourth-order valence-corrected chi connectivity index (χ4v) is 3.34. The standard InChI is InChI=1S/C27H23N5O3/c1-19-23(27(35)32(31-19)22-15-9-4-10-16-22)18-28-30-26(34)24(17-20-11-5-2-6-12-20)29-25(33)21-13-7-3-8-14-21/h2-18,31H,1H3,(H,29,33)(H,30,34)/b24-17-,28-18+. The van der Waals surface area contributed by atoms with E-state index >= 15 is 0 Å². The predicted molar refractivity (Wildman–Crippen MR) is 135 cm³/mol. The molecule has 1 heterocycles. The Morgan fingerprint density at radius 2 is 1.49 bits per heavy atom. The van der Waals surface area contributed by atoms with E-state index in [1.165, 1.54) is 10.9 Å². The molecule has 0 atom stereocenters. The van der Waals surface area contributed by atoms with Crippen molar-refractivity contribution in [1.29, 1.82) is 0 Å². The number of aryl methyl sites for hydroxylation is 1. The van der Waals surface area contributed by atoms with Crippen molar-refractivity contribution in [2.24, 2.45) is 5.10 Å². The first-order valence-corrected chi connectivity index (χ1v) is 10.9. The molecule has 0 spiro atoms. The summed E-state index contributed by atoms with van der Waals surface area (Å²) in [7, 11) is 0. The highest BCUT2D eigenvalue weighted by atomic mass is 16.2. The molecule has 174 valence electrons. The highest BCUT2D eigenvalue weighted by Crippen LogP contribution is 2.08. The van der Waals surface area contributed by atoms with Gasteiger partial charge in [0, 0.05) is 11.3 Å². The van der Waals surface area contributed by atoms with Gasteiger partial charge in [0.2, 0.25) is 0 Å². The van der Waals surface area contributed by atoms with Crippen LogP contribution in [-0.4, -0.2) is 27.8 Å². The maximum Gasteiger partial charge on any atom is 0.287 e. The molecule has 8 heteroatoms. The molecule has 0 aliphatic rings. The maximum atomic E-state index is 12.9. The Kier molecular flexibility index (Phi) is 7.13. The number of aromatic amines is 1. The lowest BCUT2D eigenvalue weighted by molar-refractivity contribution is -0.117. The Balaban J connectivity index is 1.54. The number of carbonyl (C=O) groups excluding carboxylic acids is 2. The Morgan fingerprint density at radius 1 is 0.886 bits per heavy atom. The van der Waals surface area contributed by atoms with Crippen LogP contribution in [0.5, 0.6) is 0 Å². The largest absolute Gasteiger partial charge is 0.317 e. The van der Waals surface area contributed by atoms with Crippen LogP contribution in [0.4, 0.5) is 0 Å². The molecular formula is C27H23N5O3. The van der Waals surface area contributed by atoms with Gasteiger partial charge < -0.3 is 5.32 Å². The monoisotopic (exact) mass is 465 g/mol. The summed E-state index contributed by atoms with van der Waals surface area (Å²) in [5.74, 6) is -1.06. The zero-order valence-electron chi connectivity index (χ0n) is 18.9. The first-order chi connectivity index (χ1) is 17.0. The molecule has 3 aromatic carbocycles. The number of rotatable bonds is 7. The average Bonchev–Trinajstić information content (AvgIpc) is 3.18. The Morgan fingerprint density at radius 3 is 2.14 bits per heavy atom. The third-order valence-corrected chi connectivity index (χ3v) is 5.13. The van der Waals surface area contributed by atoms with Crippen LogP contribution in [0.2, 0.25) is 0 Å². The lowest BCUT2D eigenvalue weighted by atomic mass is 10.1. The summed E-state index contributed by atoms with van der Waals surface area (Å²) < 4.78 is 1.40. The van der Waals surface area contributed by atoms with Crippen molar-refractivity contribution >= 4 is 24.1 Å². The van der Waals surface area contributed by atoms with Crippen molar-refractivity contribution in [3.8, 4) is 5.69 Å². The second-order valence-corrected chi connectivity index (χ2v) is 7.61. The van der Waals surface area contributed by atoms with E-state index in [1.54, 1.807) is 67.6 Å². The van der Waals surface area contributed by atoms with Gasteiger partial charge in [-0.1, -0.05) is 66.7 Å². The number of nitrogens with one attached hydrogen (secondary N) is 3. The van der Waals surface area contributed by atoms with Gasteiger partial charge in [0.05, 0.1) is 17.5 Å². The van der Waals surface area contributed by atoms with Crippen LogP contribution in [0.1, 0.15) is 27.2 Å². The number of hydrogen-bond donors (Lipinski definition) is 3. The number of nitrogens with zero attached hydrogens (tertiary/aromatic N) is 2. The van der Waals surface area contributed by atoms with Crippen LogP contribution in [0.15, 0.2) is 107 Å². The van der Waals surface area contributed by atoms with E-state index in [1.807, 2.05) is 36.4 Å². The van der Waals surface area contributed by atoms with Crippen molar-refractivity contribution in [2.45, 2.75) is 6.92 Å². The quantitative estimate of drug-likeness (QED) is 0.221. The van der Waals surface area contributed by atoms with E-state index in [0.717, 1.165) is 5.56 Å². The van der Waals surface area contributed by atoms with Gasteiger partial charge in [0.15, 0.2) is 0 Å². The molecule has 0 aliphatic carbocycles. The Labute approximate surface area is 201 Å². The smallest absolute Gasteiger partial charge is 0.287 e. The van der Waals surface area contributed by atoms with Gasteiger partial charge in [0.25, 0.3) is 17.4 Å². The highest BCUT2D eigenvalue weighted by Gasteiger charge is 2.15. The molecule has 0 fully saturated rings. The third kappa shape index (κ3) is 5.69. The van der Waals surface area contributed by atoms with Crippen LogP contribution in [0, 0.1) is 6.92 Å². The van der Waals surface area contributed by atoms with Crippen molar-refractivity contribution in [2.75, 3.05) is 0 Å². The molecule has 4 aromatic rings. The average molecular weight is 466 g/mol. The molecule has 0 aliphatic heterocycles. The number of carbonyl (C=O) groups is 2. The molecule has 0 unspecified atom stereocenters. The van der Waals surface area contributed by atoms with E-state index in [-0.39, 0.29) is 11.3 Å². The van der Waals surface area contributed by atoms with E-state index in [9.17, 15) is 14.4 Å². The van der Waals surface area contributed by atoms with Crippen LogP contribution in [-0.2, 0) is 4.79 Å². The van der Waals surface area contributed by atoms with Crippen molar-refractivity contribution in [3.05, 3.63) is 129 Å². The molecule has 2 amide bonds. The van der Waals surface area contributed by atoms with Gasteiger partial charge in [-0.2, -0.15) is 5.10 Å². The lowest BCUT2D eigenvalue weighted by Gasteiger charge is -2.09. The van der Waals surface area contributed by atoms with Crippen LogP contribution in [0.3, 0.4) is 0 Å². The molecule has 0 radical (unpaired) electrons. The Hall–Kier alpha value is -4.98. The van der Waals surface area contributed by atoms with Gasteiger partial charge in [0.1, 0.15) is 5.70 Å². The summed E-state index contributed by atoms with van der Waals surface area (Å²) in [6.07, 6.45) is 2.83. The van der Waals surface area contributed by atoms with E-state index in [4.69, 9.17) is 0 Å². The van der Waals surface area contributed by atoms with Crippen LogP contribution < -0.4 is 16.3 Å². The van der Waals surface area contributed by atoms with Gasteiger partial charge in [-0.15, -0.1) is 0 Å². The first-order valence-electron chi connectivity index (χ1n) is 10.9. The normalized spacial score (nSPS) is 11.4. The summed E-state index contributed by atoms with van der Waals surface area (Å²) in [6.45, 7) is 1.74. The minimum atomic E-state index is -0.633. The van der Waals surface area contributed by atoms with Crippen molar-refractivity contribution in [1.82, 2.24) is 20.5 Å². The Bertz CT molecular complexity index is 1440. The summed E-state index contributed by atoms with van der Waals surface area (Å²) in [5.41, 5.74) is 4.81. The molecule has 3 N–H and O–H groups in total. The molecule has 0 bridgehead atoms. The van der Waals surface area contributed by atoms with Gasteiger partial charge in [-0.05, 0) is 42.8 Å². The third-order valence-electron chi connectivity index (χ3n) is 5.13. The molecule has 35 heavy (non-hydrogen) atoms. The predicted octanol–water partition coefficient (Wildman–Crippen LogP) is 3.40. The van der Waals surface area contributed by atoms with Crippen molar-refractivity contribution in [3.63, 3.8) is 0 Å². The summed E-state index contributed by atoms with van der Waals surface area (Å²) in [5, 5.41) is 9.60. The number of aromatic nitrogens is 2. The number of para-hydroxylation sites is 1. The van der Waals surface area contributed by atoms with Gasteiger partial charge >= 0.3 is 0 Å². The maximum absolute atomic E-state index is 12.9. The topological polar surface area (TPSA) is 108 Å². The SMILES string of the molecule is Cc1[nH]n(-c2ccccc2)c(=O)c1/C=N/NC(=O)/C(=C/c1ccccc1)NC(=O)c1ccccc1. The first kappa shape index (κ1) is 23.2. The van der Waals surface area contributed by atoms with Crippen LogP contribution >= 0.6 is 0 Å². The van der Waals surface area contributed by atoms with Gasteiger partial charge in [-0.25, -0.2) is 10.1 Å². The molecule has 4 rings (SSSR count). The second-order valence-electron chi connectivity index (χ2n) is 7.61. The fraction of sp³-hybridized carbons (Fsp3) is 0.0370. The fourth-order valence-electron chi connectivity index (χ4n) is 3.34. The highest BCUT2D eigenvalue weighted by molar-refractivity contribution is 6.05. The molecule has 8 nitrogen and oxygen atoms in total.